The van der Waals surface area contributed by atoms with E-state index in [1.807, 2.05) is 18.2 Å². The van der Waals surface area contributed by atoms with Gasteiger partial charge in [0.1, 0.15) is 23.2 Å². The maximum absolute atomic E-state index is 12.3. The number of hydrogen-bond acceptors (Lipinski definition) is 6. The fourth-order valence-corrected chi connectivity index (χ4v) is 2.77. The van der Waals surface area contributed by atoms with Crippen LogP contribution in [-0.2, 0) is 9.53 Å². The van der Waals surface area contributed by atoms with E-state index in [4.69, 9.17) is 21.1 Å². The molecular weight excluding hydrogens is 384 g/mol. The first-order valence-electron chi connectivity index (χ1n) is 8.48. The van der Waals surface area contributed by atoms with E-state index in [1.54, 1.807) is 37.3 Å². The number of aromatic hydroxyl groups is 1. The van der Waals surface area contributed by atoms with E-state index in [2.05, 4.69) is 10.3 Å². The summed E-state index contributed by atoms with van der Waals surface area (Å²) in [5, 5.41) is 13.6. The van der Waals surface area contributed by atoms with Gasteiger partial charge in [0.2, 0.25) is 0 Å². The van der Waals surface area contributed by atoms with Gasteiger partial charge in [0.15, 0.2) is 11.4 Å². The van der Waals surface area contributed by atoms with Gasteiger partial charge in [-0.15, -0.1) is 0 Å². The van der Waals surface area contributed by atoms with Crippen LogP contribution in [0.5, 0.6) is 17.2 Å². The van der Waals surface area contributed by atoms with Gasteiger partial charge in [0.05, 0.1) is 6.61 Å². The molecule has 0 radical (unpaired) electrons. The van der Waals surface area contributed by atoms with Crippen molar-refractivity contribution >= 4 is 34.2 Å². The molecule has 1 aromatic heterocycles. The number of amides is 1. The second-order valence-electron chi connectivity index (χ2n) is 5.71. The zero-order valence-electron chi connectivity index (χ0n) is 14.9. The molecule has 3 aromatic rings. The van der Waals surface area contributed by atoms with Crippen LogP contribution >= 0.6 is 11.6 Å². The highest BCUT2D eigenvalue weighted by atomic mass is 35.5. The molecule has 0 aliphatic carbocycles. The van der Waals surface area contributed by atoms with Crippen LogP contribution in [0.25, 0.3) is 10.8 Å². The molecule has 0 spiro atoms. The molecule has 1 amide bonds. The molecule has 2 N–H and O–H groups in total. The number of carbonyl (C=O) groups is 2. The first-order valence-corrected chi connectivity index (χ1v) is 8.86. The highest BCUT2D eigenvalue weighted by molar-refractivity contribution is 6.35. The van der Waals surface area contributed by atoms with Crippen molar-refractivity contribution in [3.63, 3.8) is 0 Å². The molecule has 0 saturated heterocycles. The van der Waals surface area contributed by atoms with Crippen LogP contribution in [0.4, 0.5) is 0 Å². The zero-order valence-corrected chi connectivity index (χ0v) is 15.7. The molecule has 7 nitrogen and oxygen atoms in total. The topological polar surface area (TPSA) is 97.8 Å². The van der Waals surface area contributed by atoms with E-state index in [-0.39, 0.29) is 29.7 Å². The predicted molar refractivity (Wildman–Crippen MR) is 104 cm³/mol. The van der Waals surface area contributed by atoms with Gasteiger partial charge < -0.3 is 19.9 Å². The molecule has 8 heteroatoms. The summed E-state index contributed by atoms with van der Waals surface area (Å²) >= 11 is 6.22. The number of fused-ring (bicyclic) bond motifs is 1. The van der Waals surface area contributed by atoms with Crippen LogP contribution in [0.3, 0.4) is 0 Å². The maximum Gasteiger partial charge on any atom is 0.325 e. The van der Waals surface area contributed by atoms with Crippen molar-refractivity contribution in [3.8, 4) is 17.2 Å². The Morgan fingerprint density at radius 3 is 2.57 bits per heavy atom. The number of nitrogens with zero attached hydrogens (tertiary/aromatic N) is 1. The van der Waals surface area contributed by atoms with E-state index in [0.29, 0.717) is 22.3 Å². The molecular formula is C20H17ClN2O5. The van der Waals surface area contributed by atoms with E-state index < -0.39 is 11.9 Å². The maximum atomic E-state index is 12.3. The molecule has 144 valence electrons. The smallest absolute Gasteiger partial charge is 0.325 e. The number of para-hydroxylation sites is 1. The lowest BCUT2D eigenvalue weighted by Crippen LogP contribution is -2.31. The predicted octanol–water partition coefficient (Wildman–Crippen LogP) is 3.68. The molecule has 2 aromatic carbocycles. The Bertz CT molecular complexity index is 1020. The zero-order chi connectivity index (χ0) is 20.1. The number of pyridine rings is 1. The summed E-state index contributed by atoms with van der Waals surface area (Å²) in [7, 11) is 0. The molecule has 28 heavy (non-hydrogen) atoms. The number of halogens is 1. The number of carbonyl (C=O) groups excluding carboxylic acids is 2. The SMILES string of the molecule is CCOC(=O)CNC(=O)c1nc(Cl)c2cc(Oc3ccccc3)ccc2c1O. The number of esters is 1. The quantitative estimate of drug-likeness (QED) is 0.484. The van der Waals surface area contributed by atoms with Crippen LogP contribution in [0.2, 0.25) is 5.15 Å². The minimum Gasteiger partial charge on any atom is -0.505 e. The van der Waals surface area contributed by atoms with Crippen LogP contribution < -0.4 is 10.1 Å². The van der Waals surface area contributed by atoms with Gasteiger partial charge in [-0.3, -0.25) is 9.59 Å². The third kappa shape index (κ3) is 4.32. The third-order valence-electron chi connectivity index (χ3n) is 3.80. The summed E-state index contributed by atoms with van der Waals surface area (Å²) in [6.45, 7) is 1.52. The van der Waals surface area contributed by atoms with Gasteiger partial charge in [-0.25, -0.2) is 4.98 Å². The summed E-state index contributed by atoms with van der Waals surface area (Å²) in [5.74, 6) is -0.526. The van der Waals surface area contributed by atoms with Crippen molar-refractivity contribution in [2.45, 2.75) is 6.92 Å². The van der Waals surface area contributed by atoms with Crippen LogP contribution in [-0.4, -0.2) is 35.1 Å². The molecule has 0 bridgehead atoms. The number of nitrogens with one attached hydrogen (secondary N) is 1. The summed E-state index contributed by atoms with van der Waals surface area (Å²) in [4.78, 5) is 27.6. The standard InChI is InChI=1S/C20H17ClN2O5/c1-2-27-16(24)11-22-20(26)17-18(25)14-9-8-13(10-15(14)19(21)23-17)28-12-6-4-3-5-7-12/h3-10,25H,2,11H2,1H3,(H,22,26). The fourth-order valence-electron chi connectivity index (χ4n) is 2.53. The van der Waals surface area contributed by atoms with E-state index in [9.17, 15) is 14.7 Å². The Morgan fingerprint density at radius 2 is 1.86 bits per heavy atom. The van der Waals surface area contributed by atoms with Crippen molar-refractivity contribution in [1.82, 2.24) is 10.3 Å². The fraction of sp³-hybridized carbons (Fsp3) is 0.150. The van der Waals surface area contributed by atoms with Gasteiger partial charge in [-0.05, 0) is 37.3 Å². The minimum absolute atomic E-state index is 0.0209. The number of aromatic nitrogens is 1. The normalized spacial score (nSPS) is 10.5. The first-order chi connectivity index (χ1) is 13.5. The Morgan fingerprint density at radius 1 is 1.11 bits per heavy atom. The highest BCUT2D eigenvalue weighted by Crippen LogP contribution is 2.35. The Balaban J connectivity index is 1.87. The number of hydrogen-bond donors (Lipinski definition) is 2. The van der Waals surface area contributed by atoms with Crippen molar-refractivity contribution < 1.29 is 24.2 Å². The molecule has 0 atom stereocenters. The molecule has 3 rings (SSSR count). The van der Waals surface area contributed by atoms with Gasteiger partial charge in [0.25, 0.3) is 5.91 Å². The van der Waals surface area contributed by atoms with E-state index in [1.165, 1.54) is 0 Å². The largest absolute Gasteiger partial charge is 0.505 e. The molecule has 0 aliphatic heterocycles. The molecule has 0 fully saturated rings. The monoisotopic (exact) mass is 400 g/mol. The molecule has 0 unspecified atom stereocenters. The Kier molecular flexibility index (Phi) is 5.96. The van der Waals surface area contributed by atoms with Gasteiger partial charge in [0, 0.05) is 10.8 Å². The van der Waals surface area contributed by atoms with Crippen LogP contribution in [0.1, 0.15) is 17.4 Å². The lowest BCUT2D eigenvalue weighted by molar-refractivity contribution is -0.141. The summed E-state index contributed by atoms with van der Waals surface area (Å²) in [6.07, 6.45) is 0. The van der Waals surface area contributed by atoms with Crippen molar-refractivity contribution in [3.05, 3.63) is 59.4 Å². The van der Waals surface area contributed by atoms with Gasteiger partial charge in [-0.1, -0.05) is 29.8 Å². The molecule has 0 saturated carbocycles. The van der Waals surface area contributed by atoms with Gasteiger partial charge in [-0.2, -0.15) is 0 Å². The number of benzene rings is 2. The Hall–Kier alpha value is -3.32. The van der Waals surface area contributed by atoms with E-state index in [0.717, 1.165) is 0 Å². The second kappa shape index (κ2) is 8.58. The van der Waals surface area contributed by atoms with Crippen molar-refractivity contribution in [2.24, 2.45) is 0 Å². The van der Waals surface area contributed by atoms with Crippen molar-refractivity contribution in [1.29, 1.82) is 0 Å². The minimum atomic E-state index is -0.737. The summed E-state index contributed by atoms with van der Waals surface area (Å²) < 4.78 is 10.5. The van der Waals surface area contributed by atoms with Crippen LogP contribution in [0.15, 0.2) is 48.5 Å². The second-order valence-corrected chi connectivity index (χ2v) is 6.07. The first kappa shape index (κ1) is 19.4. The molecule has 1 heterocycles. The summed E-state index contributed by atoms with van der Waals surface area (Å²) in [6, 6.07) is 14.0. The average Bonchev–Trinajstić information content (AvgIpc) is 2.70. The van der Waals surface area contributed by atoms with Crippen LogP contribution in [0, 0.1) is 0 Å². The molecule has 0 aliphatic rings. The van der Waals surface area contributed by atoms with E-state index >= 15 is 0 Å². The number of rotatable bonds is 6. The Labute approximate surface area is 165 Å². The lowest BCUT2D eigenvalue weighted by Gasteiger charge is -2.11. The van der Waals surface area contributed by atoms with Crippen molar-refractivity contribution in [2.75, 3.05) is 13.2 Å². The van der Waals surface area contributed by atoms with Gasteiger partial charge >= 0.3 is 5.97 Å². The third-order valence-corrected chi connectivity index (χ3v) is 4.08. The highest BCUT2D eigenvalue weighted by Gasteiger charge is 2.20. The summed E-state index contributed by atoms with van der Waals surface area (Å²) in [5.41, 5.74) is -0.279. The number of ether oxygens (including phenoxy) is 2. The lowest BCUT2D eigenvalue weighted by atomic mass is 10.1. The average molecular weight is 401 g/mol.